The molecule has 0 aliphatic heterocycles. The maximum Gasteiger partial charge on any atom is 0.0963 e. The molecule has 2 unspecified atom stereocenters. The van der Waals surface area contributed by atoms with E-state index in [1.807, 2.05) is 30.1 Å². The summed E-state index contributed by atoms with van der Waals surface area (Å²) in [5, 5.41) is 1.67. The zero-order valence-electron chi connectivity index (χ0n) is 8.93. The van der Waals surface area contributed by atoms with Crippen LogP contribution in [0.2, 0.25) is 0 Å². The van der Waals surface area contributed by atoms with E-state index in [9.17, 15) is 0 Å². The lowest BCUT2D eigenvalue weighted by molar-refractivity contribution is 0.596. The zero-order valence-corrected chi connectivity index (χ0v) is 9.75. The van der Waals surface area contributed by atoms with E-state index in [-0.39, 0.29) is 0 Å². The number of nitrogens with two attached hydrogens (primary N) is 1. The van der Waals surface area contributed by atoms with Gasteiger partial charge in [0.15, 0.2) is 0 Å². The highest BCUT2D eigenvalue weighted by Crippen LogP contribution is 2.30. The monoisotopic (exact) mass is 222 g/mol. The van der Waals surface area contributed by atoms with E-state index in [2.05, 4.69) is 11.1 Å². The van der Waals surface area contributed by atoms with Gasteiger partial charge in [-0.1, -0.05) is 25.3 Å². The molecular weight excluding hydrogens is 204 g/mol. The van der Waals surface area contributed by atoms with Crippen LogP contribution in [-0.2, 0) is 0 Å². The Kier molecular flexibility index (Phi) is 4.03. The molecule has 1 saturated carbocycles. The standard InChI is InChI=1S/C12H18N2S/c13-10-6-2-1-3-7-11(10)15-12-8-4-5-9-14-12/h4-5,8-11H,1-3,6-7,13H2. The van der Waals surface area contributed by atoms with E-state index in [1.54, 1.807) is 0 Å². The van der Waals surface area contributed by atoms with Crippen LogP contribution in [0.4, 0.5) is 0 Å². The third-order valence-corrected chi connectivity index (χ3v) is 4.28. The minimum atomic E-state index is 0.347. The van der Waals surface area contributed by atoms with Gasteiger partial charge in [0.25, 0.3) is 0 Å². The number of hydrogen-bond acceptors (Lipinski definition) is 3. The summed E-state index contributed by atoms with van der Waals surface area (Å²) >= 11 is 1.85. The van der Waals surface area contributed by atoms with Crippen molar-refractivity contribution in [1.82, 2.24) is 4.98 Å². The molecule has 1 aliphatic carbocycles. The topological polar surface area (TPSA) is 38.9 Å². The predicted octanol–water partition coefficient (Wildman–Crippen LogP) is 2.83. The van der Waals surface area contributed by atoms with Crippen LogP contribution in [-0.4, -0.2) is 16.3 Å². The van der Waals surface area contributed by atoms with Crippen molar-refractivity contribution in [2.45, 2.75) is 48.4 Å². The third kappa shape index (κ3) is 3.21. The van der Waals surface area contributed by atoms with Gasteiger partial charge in [-0.2, -0.15) is 0 Å². The third-order valence-electron chi connectivity index (χ3n) is 2.91. The minimum absolute atomic E-state index is 0.347. The summed E-state index contributed by atoms with van der Waals surface area (Å²) in [5.74, 6) is 0. The highest BCUT2D eigenvalue weighted by Gasteiger charge is 2.21. The molecule has 3 heteroatoms. The molecule has 0 saturated heterocycles. The second-order valence-corrected chi connectivity index (χ2v) is 5.39. The summed E-state index contributed by atoms with van der Waals surface area (Å²) in [6.45, 7) is 0. The molecule has 82 valence electrons. The number of rotatable bonds is 2. The quantitative estimate of drug-likeness (QED) is 0.782. The van der Waals surface area contributed by atoms with Crippen molar-refractivity contribution in [3.05, 3.63) is 24.4 Å². The fraction of sp³-hybridized carbons (Fsp3) is 0.583. The number of hydrogen-bond donors (Lipinski definition) is 1. The Balaban J connectivity index is 1.97. The number of thioether (sulfide) groups is 1. The number of nitrogens with zero attached hydrogens (tertiary/aromatic N) is 1. The maximum atomic E-state index is 6.18. The Morgan fingerprint density at radius 3 is 2.87 bits per heavy atom. The predicted molar refractivity (Wildman–Crippen MR) is 64.9 cm³/mol. The summed E-state index contributed by atoms with van der Waals surface area (Å²) in [6.07, 6.45) is 8.21. The normalized spacial score (nSPS) is 27.3. The molecule has 2 N–H and O–H groups in total. The van der Waals surface area contributed by atoms with Gasteiger partial charge in [0, 0.05) is 17.5 Å². The molecule has 1 heterocycles. The Morgan fingerprint density at radius 2 is 2.07 bits per heavy atom. The summed E-state index contributed by atoms with van der Waals surface area (Å²) < 4.78 is 0. The summed E-state index contributed by atoms with van der Waals surface area (Å²) in [7, 11) is 0. The molecular formula is C12H18N2S. The molecule has 15 heavy (non-hydrogen) atoms. The molecule has 1 aromatic heterocycles. The number of aromatic nitrogens is 1. The summed E-state index contributed by atoms with van der Waals surface area (Å²) in [6, 6.07) is 6.41. The van der Waals surface area contributed by atoms with E-state index in [1.165, 1.54) is 32.1 Å². The zero-order chi connectivity index (χ0) is 10.5. The van der Waals surface area contributed by atoms with Crippen molar-refractivity contribution in [2.24, 2.45) is 5.73 Å². The molecule has 2 nitrogen and oxygen atoms in total. The van der Waals surface area contributed by atoms with Gasteiger partial charge in [-0.05, 0) is 25.0 Å². The summed E-state index contributed by atoms with van der Waals surface area (Å²) in [4.78, 5) is 4.35. The van der Waals surface area contributed by atoms with E-state index < -0.39 is 0 Å². The average Bonchev–Trinajstić information content (AvgIpc) is 2.46. The van der Waals surface area contributed by atoms with Crippen LogP contribution in [0.25, 0.3) is 0 Å². The van der Waals surface area contributed by atoms with Gasteiger partial charge in [-0.3, -0.25) is 0 Å². The molecule has 0 bridgehead atoms. The maximum absolute atomic E-state index is 6.18. The van der Waals surface area contributed by atoms with Gasteiger partial charge in [-0.15, -0.1) is 11.8 Å². The lowest BCUT2D eigenvalue weighted by atomic mass is 10.1. The largest absolute Gasteiger partial charge is 0.327 e. The van der Waals surface area contributed by atoms with Gasteiger partial charge in [0.2, 0.25) is 0 Å². The van der Waals surface area contributed by atoms with Crippen LogP contribution < -0.4 is 5.73 Å². The highest BCUT2D eigenvalue weighted by atomic mass is 32.2. The van der Waals surface area contributed by atoms with Gasteiger partial charge < -0.3 is 5.73 Å². The van der Waals surface area contributed by atoms with Crippen molar-refractivity contribution >= 4 is 11.8 Å². The second kappa shape index (κ2) is 5.52. The molecule has 0 radical (unpaired) electrons. The molecule has 1 fully saturated rings. The Labute approximate surface area is 95.7 Å². The van der Waals surface area contributed by atoms with Gasteiger partial charge in [0.05, 0.1) is 5.03 Å². The SMILES string of the molecule is NC1CCCCCC1Sc1ccccn1. The Bertz CT molecular complexity index is 289. The average molecular weight is 222 g/mol. The molecule has 1 aliphatic rings. The molecule has 2 atom stereocenters. The van der Waals surface area contributed by atoms with Crippen molar-refractivity contribution in [1.29, 1.82) is 0 Å². The van der Waals surface area contributed by atoms with Crippen molar-refractivity contribution in [3.8, 4) is 0 Å². The minimum Gasteiger partial charge on any atom is -0.327 e. The first-order valence-electron chi connectivity index (χ1n) is 5.69. The molecule has 1 aromatic rings. The van der Waals surface area contributed by atoms with Crippen LogP contribution in [0, 0.1) is 0 Å². The van der Waals surface area contributed by atoms with E-state index in [0.29, 0.717) is 11.3 Å². The lowest BCUT2D eigenvalue weighted by Crippen LogP contribution is -2.31. The van der Waals surface area contributed by atoms with Crippen LogP contribution >= 0.6 is 11.8 Å². The van der Waals surface area contributed by atoms with Crippen LogP contribution in [0.15, 0.2) is 29.4 Å². The molecule has 0 amide bonds. The van der Waals surface area contributed by atoms with Crippen molar-refractivity contribution in [2.75, 3.05) is 0 Å². The van der Waals surface area contributed by atoms with E-state index in [0.717, 1.165) is 5.03 Å². The smallest absolute Gasteiger partial charge is 0.0963 e. The molecule has 2 rings (SSSR count). The first kappa shape index (κ1) is 11.0. The second-order valence-electron chi connectivity index (χ2n) is 4.13. The van der Waals surface area contributed by atoms with Crippen LogP contribution in [0.3, 0.4) is 0 Å². The van der Waals surface area contributed by atoms with Gasteiger partial charge >= 0.3 is 0 Å². The van der Waals surface area contributed by atoms with E-state index >= 15 is 0 Å². The fourth-order valence-electron chi connectivity index (χ4n) is 2.02. The van der Waals surface area contributed by atoms with Crippen LogP contribution in [0.5, 0.6) is 0 Å². The molecule has 0 spiro atoms. The van der Waals surface area contributed by atoms with Gasteiger partial charge in [0.1, 0.15) is 0 Å². The van der Waals surface area contributed by atoms with Crippen molar-refractivity contribution < 1.29 is 0 Å². The highest BCUT2D eigenvalue weighted by molar-refractivity contribution is 7.99. The van der Waals surface area contributed by atoms with Crippen LogP contribution in [0.1, 0.15) is 32.1 Å². The first-order chi connectivity index (χ1) is 7.36. The van der Waals surface area contributed by atoms with E-state index in [4.69, 9.17) is 5.73 Å². The Morgan fingerprint density at radius 1 is 1.20 bits per heavy atom. The Hall–Kier alpha value is -0.540. The van der Waals surface area contributed by atoms with Gasteiger partial charge in [-0.25, -0.2) is 4.98 Å². The summed E-state index contributed by atoms with van der Waals surface area (Å²) in [5.41, 5.74) is 6.18. The molecule has 0 aromatic carbocycles. The lowest BCUT2D eigenvalue weighted by Gasteiger charge is -2.19. The first-order valence-corrected chi connectivity index (χ1v) is 6.57. The number of pyridine rings is 1. The van der Waals surface area contributed by atoms with Crippen molar-refractivity contribution in [3.63, 3.8) is 0 Å². The fourth-order valence-corrected chi connectivity index (χ4v) is 3.20.